The summed E-state index contributed by atoms with van der Waals surface area (Å²) in [5, 5.41) is 6.13. The lowest BCUT2D eigenvalue weighted by Crippen LogP contribution is -2.39. The van der Waals surface area contributed by atoms with E-state index in [1.54, 1.807) is 0 Å². The van der Waals surface area contributed by atoms with E-state index in [0.29, 0.717) is 18.7 Å². The monoisotopic (exact) mass is 580 g/mol. The van der Waals surface area contributed by atoms with Gasteiger partial charge in [-0.25, -0.2) is 4.68 Å². The SMILES string of the molecule is CCOC(=O)CCCc1ccc2c(cnn2C(c2ccccc2)(c2ccccc2)c2cc(-c3ccnc(C)c3)ccc2N)c1. The lowest BCUT2D eigenvalue weighted by molar-refractivity contribution is -0.143. The van der Waals surface area contributed by atoms with Crippen LogP contribution in [0.1, 0.15) is 47.7 Å². The average molecular weight is 581 g/mol. The fourth-order valence-electron chi connectivity index (χ4n) is 6.14. The summed E-state index contributed by atoms with van der Waals surface area (Å²) < 4.78 is 7.22. The van der Waals surface area contributed by atoms with Crippen LogP contribution in [0.2, 0.25) is 0 Å². The van der Waals surface area contributed by atoms with Gasteiger partial charge in [-0.2, -0.15) is 5.10 Å². The molecule has 0 spiro atoms. The second-order valence-corrected chi connectivity index (χ2v) is 11.0. The number of benzene rings is 4. The molecule has 6 rings (SSSR count). The van der Waals surface area contributed by atoms with Gasteiger partial charge in [0.1, 0.15) is 5.54 Å². The van der Waals surface area contributed by atoms with E-state index in [4.69, 9.17) is 15.6 Å². The van der Waals surface area contributed by atoms with Crippen LogP contribution in [0.3, 0.4) is 0 Å². The van der Waals surface area contributed by atoms with Gasteiger partial charge in [0, 0.05) is 34.9 Å². The Bertz CT molecular complexity index is 1860. The van der Waals surface area contributed by atoms with E-state index in [-0.39, 0.29) is 5.97 Å². The third kappa shape index (κ3) is 5.47. The summed E-state index contributed by atoms with van der Waals surface area (Å²) in [6.07, 6.45) is 5.69. The van der Waals surface area contributed by atoms with Crippen LogP contribution in [0, 0.1) is 6.92 Å². The summed E-state index contributed by atoms with van der Waals surface area (Å²) in [5.41, 5.74) is 15.0. The number of nitrogens with zero attached hydrogens (tertiary/aromatic N) is 3. The van der Waals surface area contributed by atoms with Crippen LogP contribution in [0.15, 0.2) is 122 Å². The summed E-state index contributed by atoms with van der Waals surface area (Å²) in [6.45, 7) is 4.24. The number of esters is 1. The summed E-state index contributed by atoms with van der Waals surface area (Å²) in [7, 11) is 0. The Labute approximate surface area is 258 Å². The Kier molecular flexibility index (Phi) is 8.24. The topological polar surface area (TPSA) is 83.0 Å². The summed E-state index contributed by atoms with van der Waals surface area (Å²) in [6, 6.07) is 37.7. The van der Waals surface area contributed by atoms with E-state index in [2.05, 4.69) is 94.6 Å². The number of aryl methyl sites for hydroxylation is 2. The molecule has 0 fully saturated rings. The molecule has 0 aliphatic carbocycles. The summed E-state index contributed by atoms with van der Waals surface area (Å²) >= 11 is 0. The van der Waals surface area contributed by atoms with Gasteiger partial charge in [0.2, 0.25) is 0 Å². The van der Waals surface area contributed by atoms with E-state index in [1.807, 2.05) is 50.5 Å². The molecule has 4 aromatic carbocycles. The number of anilines is 1. The molecule has 2 N–H and O–H groups in total. The number of nitrogens with two attached hydrogens (primary N) is 1. The third-order valence-corrected chi connectivity index (χ3v) is 8.16. The van der Waals surface area contributed by atoms with Gasteiger partial charge in [0.05, 0.1) is 18.3 Å². The van der Waals surface area contributed by atoms with Gasteiger partial charge in [-0.05, 0) is 90.9 Å². The molecule has 0 radical (unpaired) electrons. The number of fused-ring (bicyclic) bond motifs is 1. The quantitative estimate of drug-likeness (QED) is 0.102. The first-order valence-corrected chi connectivity index (χ1v) is 15.1. The molecule has 0 saturated heterocycles. The minimum absolute atomic E-state index is 0.154. The van der Waals surface area contributed by atoms with Gasteiger partial charge >= 0.3 is 5.97 Å². The van der Waals surface area contributed by atoms with E-state index in [0.717, 1.165) is 62.8 Å². The third-order valence-electron chi connectivity index (χ3n) is 8.16. The highest BCUT2D eigenvalue weighted by atomic mass is 16.5. The molecule has 6 nitrogen and oxygen atoms in total. The molecule has 0 amide bonds. The van der Waals surface area contributed by atoms with Crippen molar-refractivity contribution in [3.8, 4) is 11.1 Å². The normalized spacial score (nSPS) is 11.5. The lowest BCUT2D eigenvalue weighted by Gasteiger charge is -2.38. The van der Waals surface area contributed by atoms with Crippen LogP contribution >= 0.6 is 0 Å². The molecule has 0 bridgehead atoms. The smallest absolute Gasteiger partial charge is 0.305 e. The molecule has 0 aliphatic heterocycles. The number of hydrogen-bond acceptors (Lipinski definition) is 5. The van der Waals surface area contributed by atoms with Crippen LogP contribution in [0.25, 0.3) is 22.0 Å². The number of pyridine rings is 1. The fraction of sp³-hybridized carbons (Fsp3) is 0.184. The minimum Gasteiger partial charge on any atom is -0.466 e. The molecule has 2 aromatic heterocycles. The average Bonchev–Trinajstić information content (AvgIpc) is 3.47. The molecule has 0 saturated carbocycles. The Balaban J connectivity index is 1.56. The molecule has 2 heterocycles. The highest BCUT2D eigenvalue weighted by Gasteiger charge is 2.42. The highest BCUT2D eigenvalue weighted by Crippen LogP contribution is 2.45. The number of ether oxygens (including phenoxy) is 1. The first-order chi connectivity index (χ1) is 21.5. The maximum atomic E-state index is 11.9. The fourth-order valence-corrected chi connectivity index (χ4v) is 6.14. The molecule has 220 valence electrons. The zero-order valence-electron chi connectivity index (χ0n) is 25.1. The van der Waals surface area contributed by atoms with E-state index >= 15 is 0 Å². The van der Waals surface area contributed by atoms with Crippen LogP contribution in [0.4, 0.5) is 5.69 Å². The summed E-state index contributed by atoms with van der Waals surface area (Å²) in [5.74, 6) is -0.154. The van der Waals surface area contributed by atoms with Crippen molar-refractivity contribution in [1.29, 1.82) is 0 Å². The van der Waals surface area contributed by atoms with Crippen molar-refractivity contribution in [2.45, 2.75) is 38.6 Å². The van der Waals surface area contributed by atoms with Crippen molar-refractivity contribution in [1.82, 2.24) is 14.8 Å². The van der Waals surface area contributed by atoms with Gasteiger partial charge in [0.25, 0.3) is 0 Å². The Morgan fingerprint density at radius 3 is 2.25 bits per heavy atom. The van der Waals surface area contributed by atoms with Gasteiger partial charge in [-0.3, -0.25) is 9.78 Å². The molecule has 0 aliphatic rings. The number of aromatic nitrogens is 3. The number of rotatable bonds is 10. The lowest BCUT2D eigenvalue weighted by atomic mass is 9.75. The number of hydrogen-bond donors (Lipinski definition) is 1. The Hall–Kier alpha value is -5.23. The number of carbonyl (C=O) groups excluding carboxylic acids is 1. The van der Waals surface area contributed by atoms with Gasteiger partial charge in [-0.15, -0.1) is 0 Å². The zero-order chi connectivity index (χ0) is 30.5. The zero-order valence-corrected chi connectivity index (χ0v) is 25.1. The van der Waals surface area contributed by atoms with E-state index in [9.17, 15) is 4.79 Å². The molecule has 6 heteroatoms. The van der Waals surface area contributed by atoms with Gasteiger partial charge < -0.3 is 10.5 Å². The maximum Gasteiger partial charge on any atom is 0.305 e. The van der Waals surface area contributed by atoms with Gasteiger partial charge in [-0.1, -0.05) is 72.8 Å². The Morgan fingerprint density at radius 1 is 0.864 bits per heavy atom. The second-order valence-electron chi connectivity index (χ2n) is 11.0. The number of carbonyl (C=O) groups is 1. The largest absolute Gasteiger partial charge is 0.466 e. The highest BCUT2D eigenvalue weighted by molar-refractivity contribution is 5.82. The molecule has 0 atom stereocenters. The Morgan fingerprint density at radius 2 is 1.57 bits per heavy atom. The predicted molar refractivity (Wildman–Crippen MR) is 176 cm³/mol. The van der Waals surface area contributed by atoms with Crippen molar-refractivity contribution in [3.05, 3.63) is 150 Å². The molecule has 6 aromatic rings. The molecular formula is C38H36N4O2. The van der Waals surface area contributed by atoms with Crippen molar-refractivity contribution in [3.63, 3.8) is 0 Å². The van der Waals surface area contributed by atoms with Gasteiger partial charge in [0.15, 0.2) is 0 Å². The van der Waals surface area contributed by atoms with Crippen LogP contribution in [0.5, 0.6) is 0 Å². The predicted octanol–water partition coefficient (Wildman–Crippen LogP) is 7.71. The van der Waals surface area contributed by atoms with Crippen molar-refractivity contribution in [2.75, 3.05) is 12.3 Å². The second kappa shape index (κ2) is 12.6. The van der Waals surface area contributed by atoms with Crippen LogP contribution < -0.4 is 5.73 Å². The van der Waals surface area contributed by atoms with E-state index in [1.165, 1.54) is 0 Å². The number of nitrogen functional groups attached to an aromatic ring is 1. The standard InChI is InChI=1S/C38H36N4O2/c1-3-44-37(43)16-10-11-28-17-20-36-31(24-28)26-41-42(36)38(32-12-6-4-7-13-32,33-14-8-5-9-15-33)34-25-29(18-19-35(34)39)30-21-22-40-27(2)23-30/h4-9,12-15,17-26H,3,10-11,16,39H2,1-2H3. The molecule has 44 heavy (non-hydrogen) atoms. The van der Waals surface area contributed by atoms with Crippen LogP contribution in [-0.4, -0.2) is 27.3 Å². The molecule has 0 unspecified atom stereocenters. The van der Waals surface area contributed by atoms with E-state index < -0.39 is 5.54 Å². The maximum absolute atomic E-state index is 11.9. The molecular weight excluding hydrogens is 544 g/mol. The van der Waals surface area contributed by atoms with Crippen molar-refractivity contribution < 1.29 is 9.53 Å². The summed E-state index contributed by atoms with van der Waals surface area (Å²) in [4.78, 5) is 16.3. The van der Waals surface area contributed by atoms with Crippen molar-refractivity contribution in [2.24, 2.45) is 0 Å². The first kappa shape index (κ1) is 28.9. The first-order valence-electron chi connectivity index (χ1n) is 15.1. The van der Waals surface area contributed by atoms with Crippen LogP contribution in [-0.2, 0) is 21.5 Å². The van der Waals surface area contributed by atoms with Crippen molar-refractivity contribution >= 4 is 22.6 Å². The minimum atomic E-state index is -0.877.